The highest BCUT2D eigenvalue weighted by atomic mass is 15.1. The zero-order valence-electron chi connectivity index (χ0n) is 13.9. The van der Waals surface area contributed by atoms with Crippen molar-refractivity contribution in [3.05, 3.63) is 65.1 Å². The Labute approximate surface area is 142 Å². The first-order valence-electron chi connectivity index (χ1n) is 8.78. The van der Waals surface area contributed by atoms with Gasteiger partial charge in [-0.05, 0) is 49.1 Å². The summed E-state index contributed by atoms with van der Waals surface area (Å²) in [4.78, 5) is 4.39. The molecule has 3 heteroatoms. The predicted octanol–water partition coefficient (Wildman–Crippen LogP) is 4.32. The van der Waals surface area contributed by atoms with Crippen LogP contribution in [0.25, 0.3) is 23.2 Å². The van der Waals surface area contributed by atoms with Crippen molar-refractivity contribution in [1.29, 1.82) is 0 Å². The van der Waals surface area contributed by atoms with Crippen LogP contribution < -0.4 is 5.32 Å². The van der Waals surface area contributed by atoms with Gasteiger partial charge in [0.25, 0.3) is 0 Å². The van der Waals surface area contributed by atoms with Gasteiger partial charge in [0, 0.05) is 47.7 Å². The lowest BCUT2D eigenvalue weighted by Gasteiger charge is -2.23. The molecule has 0 amide bonds. The summed E-state index contributed by atoms with van der Waals surface area (Å²) in [6.07, 6.45) is 10.0. The fourth-order valence-electron chi connectivity index (χ4n) is 4.29. The molecule has 2 aliphatic heterocycles. The summed E-state index contributed by atoms with van der Waals surface area (Å²) < 4.78 is 2.40. The molecule has 2 aromatic heterocycles. The minimum atomic E-state index is 0.527. The first-order valence-corrected chi connectivity index (χ1v) is 8.78. The van der Waals surface area contributed by atoms with Gasteiger partial charge in [-0.3, -0.25) is 4.98 Å². The maximum Gasteiger partial charge on any atom is 0.0528 e. The molecule has 2 aliphatic rings. The molecule has 4 heterocycles. The van der Waals surface area contributed by atoms with Crippen molar-refractivity contribution in [3.63, 3.8) is 0 Å². The van der Waals surface area contributed by atoms with Crippen LogP contribution in [0.4, 0.5) is 0 Å². The minimum Gasteiger partial charge on any atom is -0.320 e. The van der Waals surface area contributed by atoms with Crippen molar-refractivity contribution in [2.45, 2.75) is 38.3 Å². The summed E-state index contributed by atoms with van der Waals surface area (Å²) in [7, 11) is 0. The summed E-state index contributed by atoms with van der Waals surface area (Å²) in [5.74, 6) is 0. The van der Waals surface area contributed by atoms with Gasteiger partial charge in [-0.1, -0.05) is 24.3 Å². The normalized spacial score (nSPS) is 22.4. The van der Waals surface area contributed by atoms with E-state index in [1.54, 1.807) is 0 Å². The quantitative estimate of drug-likeness (QED) is 0.763. The van der Waals surface area contributed by atoms with Gasteiger partial charge in [0.1, 0.15) is 0 Å². The van der Waals surface area contributed by atoms with Gasteiger partial charge in [-0.25, -0.2) is 0 Å². The minimum absolute atomic E-state index is 0.527. The Morgan fingerprint density at radius 2 is 2.08 bits per heavy atom. The average Bonchev–Trinajstić information content (AvgIpc) is 3.14. The SMILES string of the molecule is Cc1ccc(/C=C/n2c3c(c4ccccc42)C2CCC(C3)N2)cn1. The molecule has 1 saturated heterocycles. The van der Waals surface area contributed by atoms with Crippen LogP contribution in [0.2, 0.25) is 0 Å². The number of aromatic nitrogens is 2. The highest BCUT2D eigenvalue weighted by molar-refractivity contribution is 5.89. The first kappa shape index (κ1) is 14.0. The Morgan fingerprint density at radius 3 is 2.96 bits per heavy atom. The van der Waals surface area contributed by atoms with Gasteiger partial charge >= 0.3 is 0 Å². The van der Waals surface area contributed by atoms with Crippen LogP contribution in [0, 0.1) is 6.92 Å². The molecule has 0 aliphatic carbocycles. The van der Waals surface area contributed by atoms with Crippen molar-refractivity contribution in [3.8, 4) is 0 Å². The molecule has 2 unspecified atom stereocenters. The number of nitrogens with one attached hydrogen (secondary N) is 1. The predicted molar refractivity (Wildman–Crippen MR) is 98.7 cm³/mol. The maximum atomic E-state index is 4.39. The second-order valence-corrected chi connectivity index (χ2v) is 6.99. The number of hydrogen-bond acceptors (Lipinski definition) is 2. The lowest BCUT2D eigenvalue weighted by molar-refractivity contribution is 0.509. The molecule has 1 aromatic carbocycles. The molecule has 2 atom stereocenters. The Hall–Kier alpha value is -2.39. The fourth-order valence-corrected chi connectivity index (χ4v) is 4.29. The van der Waals surface area contributed by atoms with Crippen molar-refractivity contribution < 1.29 is 0 Å². The van der Waals surface area contributed by atoms with E-state index in [1.807, 2.05) is 13.1 Å². The molecule has 1 N–H and O–H groups in total. The lowest BCUT2D eigenvalue weighted by Crippen LogP contribution is -2.32. The van der Waals surface area contributed by atoms with E-state index in [-0.39, 0.29) is 0 Å². The van der Waals surface area contributed by atoms with E-state index in [0.717, 1.165) is 17.7 Å². The average molecular weight is 315 g/mol. The van der Waals surface area contributed by atoms with E-state index < -0.39 is 0 Å². The molecule has 120 valence electrons. The standard InChI is InChI=1S/C21H21N3/c1-14-6-7-15(13-22-14)10-11-24-19-5-3-2-4-17(19)21-18-9-8-16(23-18)12-20(21)24/h2-7,10-11,13,16,18,23H,8-9,12H2,1H3/b11-10+. The third-order valence-corrected chi connectivity index (χ3v) is 5.43. The van der Waals surface area contributed by atoms with Crippen LogP contribution in [0.15, 0.2) is 42.6 Å². The number of pyridine rings is 1. The molecule has 0 radical (unpaired) electrons. The molecule has 2 bridgehead atoms. The number of nitrogens with zero attached hydrogens (tertiary/aromatic N) is 2. The molecule has 0 saturated carbocycles. The second kappa shape index (κ2) is 5.32. The smallest absolute Gasteiger partial charge is 0.0528 e. The van der Waals surface area contributed by atoms with Crippen LogP contribution in [0.3, 0.4) is 0 Å². The molecule has 5 rings (SSSR count). The van der Waals surface area contributed by atoms with E-state index in [9.17, 15) is 0 Å². The van der Waals surface area contributed by atoms with Crippen molar-refractivity contribution in [1.82, 2.24) is 14.9 Å². The number of fused-ring (bicyclic) bond motifs is 6. The van der Waals surface area contributed by atoms with E-state index in [1.165, 1.54) is 35.0 Å². The van der Waals surface area contributed by atoms with Gasteiger partial charge in [0.15, 0.2) is 0 Å². The largest absolute Gasteiger partial charge is 0.320 e. The number of rotatable bonds is 2. The summed E-state index contributed by atoms with van der Waals surface area (Å²) in [6.45, 7) is 2.02. The summed E-state index contributed by atoms with van der Waals surface area (Å²) in [5.41, 5.74) is 6.51. The highest BCUT2D eigenvalue weighted by Crippen LogP contribution is 2.41. The number of hydrogen-bond donors (Lipinski definition) is 1. The van der Waals surface area contributed by atoms with Crippen LogP contribution >= 0.6 is 0 Å². The molecule has 3 aromatic rings. The lowest BCUT2D eigenvalue weighted by atomic mass is 9.99. The Morgan fingerprint density at radius 1 is 1.17 bits per heavy atom. The van der Waals surface area contributed by atoms with E-state index >= 15 is 0 Å². The second-order valence-electron chi connectivity index (χ2n) is 6.99. The third-order valence-electron chi connectivity index (χ3n) is 5.43. The van der Waals surface area contributed by atoms with E-state index in [2.05, 4.69) is 63.5 Å². The van der Waals surface area contributed by atoms with Gasteiger partial charge in [-0.2, -0.15) is 0 Å². The summed E-state index contributed by atoms with van der Waals surface area (Å²) >= 11 is 0. The van der Waals surface area contributed by atoms with E-state index in [0.29, 0.717) is 12.1 Å². The van der Waals surface area contributed by atoms with Gasteiger partial charge in [-0.15, -0.1) is 0 Å². The zero-order valence-corrected chi connectivity index (χ0v) is 13.9. The fraction of sp³-hybridized carbons (Fsp3) is 0.286. The van der Waals surface area contributed by atoms with Crippen LogP contribution in [-0.4, -0.2) is 15.6 Å². The van der Waals surface area contributed by atoms with E-state index in [4.69, 9.17) is 0 Å². The number of aryl methyl sites for hydroxylation is 1. The molecule has 3 nitrogen and oxygen atoms in total. The molecule has 24 heavy (non-hydrogen) atoms. The Bertz CT molecular complexity index is 934. The van der Waals surface area contributed by atoms with Crippen LogP contribution in [-0.2, 0) is 6.42 Å². The molecular formula is C21H21N3. The van der Waals surface area contributed by atoms with Crippen molar-refractivity contribution in [2.75, 3.05) is 0 Å². The summed E-state index contributed by atoms with van der Waals surface area (Å²) in [6, 6.07) is 14.2. The van der Waals surface area contributed by atoms with Crippen LogP contribution in [0.5, 0.6) is 0 Å². The first-order chi connectivity index (χ1) is 11.8. The van der Waals surface area contributed by atoms with Crippen molar-refractivity contribution in [2.24, 2.45) is 0 Å². The Kier molecular flexibility index (Phi) is 3.10. The molecular weight excluding hydrogens is 294 g/mol. The number of benzene rings is 1. The van der Waals surface area contributed by atoms with Gasteiger partial charge in [0.05, 0.1) is 5.52 Å². The summed E-state index contributed by atoms with van der Waals surface area (Å²) in [5, 5.41) is 5.18. The van der Waals surface area contributed by atoms with Crippen LogP contribution in [0.1, 0.15) is 41.4 Å². The van der Waals surface area contributed by atoms with Crippen molar-refractivity contribution >= 4 is 23.2 Å². The molecule has 1 fully saturated rings. The highest BCUT2D eigenvalue weighted by Gasteiger charge is 2.35. The maximum absolute atomic E-state index is 4.39. The topological polar surface area (TPSA) is 29.9 Å². The molecule has 0 spiro atoms. The van der Waals surface area contributed by atoms with Gasteiger partial charge in [0.2, 0.25) is 0 Å². The third kappa shape index (κ3) is 2.12. The van der Waals surface area contributed by atoms with Gasteiger partial charge < -0.3 is 9.88 Å². The monoisotopic (exact) mass is 315 g/mol. The Balaban J connectivity index is 1.66. The zero-order chi connectivity index (χ0) is 16.1. The number of para-hydroxylation sites is 1.